The lowest BCUT2D eigenvalue weighted by Gasteiger charge is -2.09. The molecule has 1 saturated carbocycles. The molecule has 18 heavy (non-hydrogen) atoms. The molecule has 0 bridgehead atoms. The molecule has 96 valence electrons. The van der Waals surface area contributed by atoms with E-state index in [1.54, 1.807) is 0 Å². The highest BCUT2D eigenvalue weighted by Gasteiger charge is 2.35. The van der Waals surface area contributed by atoms with Crippen molar-refractivity contribution in [1.29, 1.82) is 0 Å². The first-order valence-corrected chi connectivity index (χ1v) is 5.85. The summed E-state index contributed by atoms with van der Waals surface area (Å²) >= 11 is 0. The summed E-state index contributed by atoms with van der Waals surface area (Å²) in [6.45, 7) is 0.0750. The lowest BCUT2D eigenvalue weighted by Crippen LogP contribution is -2.35. The van der Waals surface area contributed by atoms with E-state index < -0.39 is 18.2 Å². The zero-order valence-electron chi connectivity index (χ0n) is 9.87. The van der Waals surface area contributed by atoms with Gasteiger partial charge in [0, 0.05) is 0 Å². The molecule has 2 rings (SSSR count). The van der Waals surface area contributed by atoms with Crippen LogP contribution in [0.2, 0.25) is 0 Å². The number of nitrogens with two attached hydrogens (primary N) is 1. The smallest absolute Gasteiger partial charge is 0.429 e. The summed E-state index contributed by atoms with van der Waals surface area (Å²) < 4.78 is 9.32. The maximum atomic E-state index is 11.4. The summed E-state index contributed by atoms with van der Waals surface area (Å²) in [5.41, 5.74) is 6.42. The number of benzene rings is 1. The van der Waals surface area contributed by atoms with E-state index in [4.69, 9.17) is 10.5 Å². The van der Waals surface area contributed by atoms with Gasteiger partial charge in [-0.2, -0.15) is 0 Å². The van der Waals surface area contributed by atoms with Gasteiger partial charge in [0.15, 0.2) is 0 Å². The molecule has 0 radical (unpaired) electrons. The van der Waals surface area contributed by atoms with E-state index in [0.29, 0.717) is 0 Å². The Labute approximate surface area is 105 Å². The number of carbonyl (C=O) groups excluding carboxylic acids is 2. The van der Waals surface area contributed by atoms with E-state index in [9.17, 15) is 9.59 Å². The summed E-state index contributed by atoms with van der Waals surface area (Å²) in [7, 11) is 0. The van der Waals surface area contributed by atoms with Crippen LogP contribution in [0.4, 0.5) is 4.79 Å². The van der Waals surface area contributed by atoms with Crippen molar-refractivity contribution in [3.63, 3.8) is 0 Å². The van der Waals surface area contributed by atoms with Gasteiger partial charge in [-0.1, -0.05) is 30.3 Å². The summed E-state index contributed by atoms with van der Waals surface area (Å²) in [6, 6.07) is 8.43. The van der Waals surface area contributed by atoms with Crippen molar-refractivity contribution in [1.82, 2.24) is 0 Å². The van der Waals surface area contributed by atoms with Crippen molar-refractivity contribution in [2.24, 2.45) is 11.7 Å². The summed E-state index contributed by atoms with van der Waals surface area (Å²) in [4.78, 5) is 22.7. The fraction of sp³-hybridized carbons (Fsp3) is 0.385. The molecule has 0 aliphatic heterocycles. The number of rotatable bonds is 4. The third kappa shape index (κ3) is 3.56. The van der Waals surface area contributed by atoms with E-state index in [1.165, 1.54) is 0 Å². The van der Waals surface area contributed by atoms with Crippen molar-refractivity contribution in [3.8, 4) is 0 Å². The van der Waals surface area contributed by atoms with Gasteiger partial charge in [0.25, 0.3) is 0 Å². The second-order valence-corrected chi connectivity index (χ2v) is 4.31. The molecule has 2 N–H and O–H groups in total. The van der Waals surface area contributed by atoms with Gasteiger partial charge in [-0.05, 0) is 24.3 Å². The molecule has 0 spiro atoms. The predicted molar refractivity (Wildman–Crippen MR) is 63.4 cm³/mol. The largest absolute Gasteiger partial charge is 0.516 e. The Hall–Kier alpha value is -1.88. The van der Waals surface area contributed by atoms with Crippen LogP contribution in [-0.4, -0.2) is 18.2 Å². The third-order valence-corrected chi connectivity index (χ3v) is 2.79. The SMILES string of the molecule is NC(C(=O)OC(=O)OCc1ccccc1)C1CC1. The summed E-state index contributed by atoms with van der Waals surface area (Å²) in [5, 5.41) is 0. The normalized spacial score (nSPS) is 15.8. The van der Waals surface area contributed by atoms with Crippen LogP contribution in [0.5, 0.6) is 0 Å². The topological polar surface area (TPSA) is 78.6 Å². The van der Waals surface area contributed by atoms with Gasteiger partial charge in [0.05, 0.1) is 0 Å². The van der Waals surface area contributed by atoms with Crippen LogP contribution in [0.1, 0.15) is 18.4 Å². The minimum atomic E-state index is -1.00. The Balaban J connectivity index is 1.73. The van der Waals surface area contributed by atoms with E-state index >= 15 is 0 Å². The van der Waals surface area contributed by atoms with Crippen molar-refractivity contribution in [2.75, 3.05) is 0 Å². The molecular weight excluding hydrogens is 234 g/mol. The molecule has 1 unspecified atom stereocenters. The van der Waals surface area contributed by atoms with Gasteiger partial charge in [-0.3, -0.25) is 0 Å². The molecule has 1 aliphatic rings. The number of hydrogen-bond donors (Lipinski definition) is 1. The molecule has 1 fully saturated rings. The second kappa shape index (κ2) is 5.64. The monoisotopic (exact) mass is 249 g/mol. The van der Waals surface area contributed by atoms with E-state index in [0.717, 1.165) is 18.4 Å². The Morgan fingerprint density at radius 3 is 2.56 bits per heavy atom. The lowest BCUT2D eigenvalue weighted by atomic mass is 10.2. The van der Waals surface area contributed by atoms with Crippen LogP contribution >= 0.6 is 0 Å². The maximum Gasteiger partial charge on any atom is 0.516 e. The molecule has 1 aromatic carbocycles. The molecule has 1 aromatic rings. The molecule has 5 heteroatoms. The van der Waals surface area contributed by atoms with Crippen LogP contribution in [0.25, 0.3) is 0 Å². The maximum absolute atomic E-state index is 11.4. The second-order valence-electron chi connectivity index (χ2n) is 4.31. The van der Waals surface area contributed by atoms with E-state index in [2.05, 4.69) is 4.74 Å². The standard InChI is InChI=1S/C13H15NO4/c14-11(10-6-7-10)12(15)18-13(16)17-8-9-4-2-1-3-5-9/h1-5,10-11H,6-8,14H2. The van der Waals surface area contributed by atoms with Crippen molar-refractivity contribution in [3.05, 3.63) is 35.9 Å². The van der Waals surface area contributed by atoms with Crippen LogP contribution in [0.15, 0.2) is 30.3 Å². The number of carbonyl (C=O) groups is 2. The van der Waals surface area contributed by atoms with Crippen molar-refractivity contribution in [2.45, 2.75) is 25.5 Å². The quantitative estimate of drug-likeness (QED) is 0.647. The van der Waals surface area contributed by atoms with Gasteiger partial charge in [0.1, 0.15) is 12.6 Å². The Bertz CT molecular complexity index is 428. The van der Waals surface area contributed by atoms with E-state index in [1.807, 2.05) is 30.3 Å². The van der Waals surface area contributed by atoms with Gasteiger partial charge >= 0.3 is 12.1 Å². The highest BCUT2D eigenvalue weighted by Crippen LogP contribution is 2.31. The molecule has 0 saturated heterocycles. The van der Waals surface area contributed by atoms with Crippen LogP contribution in [0.3, 0.4) is 0 Å². The van der Waals surface area contributed by atoms with Gasteiger partial charge in [-0.15, -0.1) is 0 Å². The van der Waals surface area contributed by atoms with Gasteiger partial charge in [0.2, 0.25) is 0 Å². The fourth-order valence-corrected chi connectivity index (χ4v) is 1.54. The number of hydrogen-bond acceptors (Lipinski definition) is 5. The summed E-state index contributed by atoms with van der Waals surface area (Å²) in [5.74, 6) is -0.560. The van der Waals surface area contributed by atoms with Crippen molar-refractivity contribution >= 4 is 12.1 Å². The first-order chi connectivity index (χ1) is 8.66. The van der Waals surface area contributed by atoms with Gasteiger partial charge < -0.3 is 15.2 Å². The van der Waals surface area contributed by atoms with Crippen LogP contribution in [0, 0.1) is 5.92 Å². The summed E-state index contributed by atoms with van der Waals surface area (Å²) in [6.07, 6.45) is 0.824. The molecule has 0 amide bonds. The minimum absolute atomic E-state index is 0.0750. The Morgan fingerprint density at radius 1 is 1.28 bits per heavy atom. The third-order valence-electron chi connectivity index (χ3n) is 2.79. The average Bonchev–Trinajstić information content (AvgIpc) is 3.21. The number of ether oxygens (including phenoxy) is 2. The molecule has 5 nitrogen and oxygen atoms in total. The molecule has 1 aliphatic carbocycles. The predicted octanol–water partition coefficient (Wildman–Crippen LogP) is 1.60. The first-order valence-electron chi connectivity index (χ1n) is 5.85. The first kappa shape index (κ1) is 12.6. The highest BCUT2D eigenvalue weighted by atomic mass is 16.7. The average molecular weight is 249 g/mol. The molecular formula is C13H15NO4. The Kier molecular flexibility index (Phi) is 3.94. The molecule has 1 atom stereocenters. The van der Waals surface area contributed by atoms with Crippen LogP contribution in [-0.2, 0) is 20.9 Å². The molecule has 0 aromatic heterocycles. The van der Waals surface area contributed by atoms with Crippen LogP contribution < -0.4 is 5.73 Å². The fourth-order valence-electron chi connectivity index (χ4n) is 1.54. The van der Waals surface area contributed by atoms with Crippen molar-refractivity contribution < 1.29 is 19.1 Å². The number of esters is 1. The Morgan fingerprint density at radius 2 is 1.94 bits per heavy atom. The molecule has 0 heterocycles. The lowest BCUT2D eigenvalue weighted by molar-refractivity contribution is -0.142. The van der Waals surface area contributed by atoms with E-state index in [-0.39, 0.29) is 12.5 Å². The zero-order chi connectivity index (χ0) is 13.0. The zero-order valence-corrected chi connectivity index (χ0v) is 9.87. The highest BCUT2D eigenvalue weighted by molar-refractivity contribution is 5.85. The van der Waals surface area contributed by atoms with Gasteiger partial charge in [-0.25, -0.2) is 9.59 Å². The minimum Gasteiger partial charge on any atom is -0.429 e.